The molecule has 11 heteroatoms. The van der Waals surface area contributed by atoms with Crippen molar-refractivity contribution < 1.29 is 9.53 Å². The Balaban J connectivity index is 1.26. The molecule has 0 aliphatic heterocycles. The van der Waals surface area contributed by atoms with E-state index in [0.29, 0.717) is 39.8 Å². The van der Waals surface area contributed by atoms with Gasteiger partial charge < -0.3 is 15.4 Å². The minimum atomic E-state index is -0.426. The van der Waals surface area contributed by atoms with Crippen molar-refractivity contribution in [3.63, 3.8) is 0 Å². The molecule has 194 valence electrons. The zero-order valence-corrected chi connectivity index (χ0v) is 21.5. The third-order valence-corrected chi connectivity index (χ3v) is 5.74. The Hall–Kier alpha value is -5.50. The Morgan fingerprint density at radius 2 is 1.79 bits per heavy atom. The van der Waals surface area contributed by atoms with Gasteiger partial charge >= 0.3 is 6.03 Å². The predicted molar refractivity (Wildman–Crippen MR) is 146 cm³/mol. The third kappa shape index (κ3) is 5.91. The summed E-state index contributed by atoms with van der Waals surface area (Å²) in [5.41, 5.74) is 4.31. The van der Waals surface area contributed by atoms with Crippen LogP contribution >= 0.6 is 0 Å². The second-order valence-electron chi connectivity index (χ2n) is 8.99. The van der Waals surface area contributed by atoms with Crippen molar-refractivity contribution in [2.45, 2.75) is 19.9 Å². The summed E-state index contributed by atoms with van der Waals surface area (Å²) < 4.78 is 9.45. The lowest BCUT2D eigenvalue weighted by molar-refractivity contribution is 0.262. The first-order valence-electron chi connectivity index (χ1n) is 12.1. The molecule has 0 bridgehead atoms. The number of hydrogen-bond acceptors (Lipinski definition) is 7. The maximum Gasteiger partial charge on any atom is 0.323 e. The molecule has 4 aromatic heterocycles. The number of nitrogens with one attached hydrogen (secondary N) is 2. The van der Waals surface area contributed by atoms with Crippen LogP contribution in [0.15, 0.2) is 79.5 Å². The number of carbonyl (C=O) groups excluding carboxylic acids is 1. The average Bonchev–Trinajstić information content (AvgIpc) is 3.56. The van der Waals surface area contributed by atoms with Crippen molar-refractivity contribution >= 4 is 17.4 Å². The first kappa shape index (κ1) is 25.2. The number of ether oxygens (including phenoxy) is 1. The van der Waals surface area contributed by atoms with Crippen molar-refractivity contribution in [3.05, 3.63) is 85.2 Å². The van der Waals surface area contributed by atoms with Crippen molar-refractivity contribution in [2.24, 2.45) is 7.05 Å². The van der Waals surface area contributed by atoms with Crippen molar-refractivity contribution in [1.82, 2.24) is 29.5 Å². The van der Waals surface area contributed by atoms with Crippen LogP contribution in [0.25, 0.3) is 22.5 Å². The van der Waals surface area contributed by atoms with Crippen LogP contribution in [0.1, 0.15) is 25.6 Å². The van der Waals surface area contributed by atoms with E-state index in [1.165, 1.54) is 0 Å². The molecule has 4 heterocycles. The van der Waals surface area contributed by atoms with E-state index in [1.54, 1.807) is 76.6 Å². The summed E-state index contributed by atoms with van der Waals surface area (Å²) in [6.07, 6.45) is 8.64. The summed E-state index contributed by atoms with van der Waals surface area (Å²) in [4.78, 5) is 21.3. The van der Waals surface area contributed by atoms with E-state index in [-0.39, 0.29) is 6.04 Å². The van der Waals surface area contributed by atoms with Gasteiger partial charge in [-0.1, -0.05) is 0 Å². The molecule has 11 nitrogen and oxygen atoms in total. The molecule has 0 saturated heterocycles. The van der Waals surface area contributed by atoms with Gasteiger partial charge in [0.05, 0.1) is 17.6 Å². The highest BCUT2D eigenvalue weighted by Crippen LogP contribution is 2.29. The summed E-state index contributed by atoms with van der Waals surface area (Å²) in [5, 5.41) is 23.5. The number of amides is 2. The van der Waals surface area contributed by atoms with Gasteiger partial charge in [0.1, 0.15) is 29.0 Å². The number of aryl methyl sites for hydroxylation is 1. The van der Waals surface area contributed by atoms with E-state index in [9.17, 15) is 4.79 Å². The Labute approximate surface area is 224 Å². The van der Waals surface area contributed by atoms with Crippen molar-refractivity contribution in [1.29, 1.82) is 5.26 Å². The van der Waals surface area contributed by atoms with Crippen LogP contribution in [0, 0.1) is 11.3 Å². The van der Waals surface area contributed by atoms with Crippen LogP contribution in [0.5, 0.6) is 11.5 Å². The predicted octanol–water partition coefficient (Wildman–Crippen LogP) is 5.63. The summed E-state index contributed by atoms with van der Waals surface area (Å²) in [7, 11) is 1.85. The highest BCUT2D eigenvalue weighted by molar-refractivity contribution is 6.01. The van der Waals surface area contributed by atoms with Crippen LogP contribution in [-0.4, -0.2) is 35.6 Å². The number of anilines is 2. The van der Waals surface area contributed by atoms with E-state index in [2.05, 4.69) is 30.8 Å². The second-order valence-corrected chi connectivity index (χ2v) is 8.99. The standard InChI is InChI=1S/C28H25N9O2/c1-18(2)37-17-26(27(35-37)19-4-5-22(13-29)31-14-19)34-28(38)33-21-6-8-23(9-7-21)39-24-10-11-30-25(12-24)20-15-32-36(3)16-20/h4-12,14-18H,1-3H3,(H2,33,34,38). The Bertz CT molecular complexity index is 1650. The lowest BCUT2D eigenvalue weighted by Gasteiger charge is -2.10. The maximum absolute atomic E-state index is 12.8. The molecule has 0 spiro atoms. The van der Waals surface area contributed by atoms with Gasteiger partial charge in [-0.3, -0.25) is 14.3 Å². The number of carbonyl (C=O) groups is 1. The van der Waals surface area contributed by atoms with Crippen LogP contribution in [0.4, 0.5) is 16.2 Å². The molecule has 39 heavy (non-hydrogen) atoms. The minimum absolute atomic E-state index is 0.0853. The summed E-state index contributed by atoms with van der Waals surface area (Å²) in [6, 6.07) is 15.7. The summed E-state index contributed by atoms with van der Waals surface area (Å²) >= 11 is 0. The van der Waals surface area contributed by atoms with Gasteiger partial charge in [-0.25, -0.2) is 9.78 Å². The van der Waals surface area contributed by atoms with Crippen LogP contribution < -0.4 is 15.4 Å². The van der Waals surface area contributed by atoms with Gasteiger partial charge in [0.25, 0.3) is 0 Å². The third-order valence-electron chi connectivity index (χ3n) is 5.74. The summed E-state index contributed by atoms with van der Waals surface area (Å²) in [6.45, 7) is 3.99. The normalized spacial score (nSPS) is 10.7. The molecule has 0 atom stereocenters. The SMILES string of the molecule is CC(C)n1cc(NC(=O)Nc2ccc(Oc3ccnc(-c4cnn(C)c4)c3)cc2)c(-c2ccc(C#N)nc2)n1. The quantitative estimate of drug-likeness (QED) is 0.284. The Morgan fingerprint density at radius 1 is 0.974 bits per heavy atom. The molecule has 1 aromatic carbocycles. The second kappa shape index (κ2) is 10.9. The topological polar surface area (TPSA) is 136 Å². The van der Waals surface area contributed by atoms with Gasteiger partial charge in [0.15, 0.2) is 0 Å². The molecule has 0 unspecified atom stereocenters. The number of aromatic nitrogens is 6. The average molecular weight is 520 g/mol. The van der Waals surface area contributed by atoms with Gasteiger partial charge in [0, 0.05) is 60.8 Å². The molecule has 2 N–H and O–H groups in total. The molecule has 0 fully saturated rings. The van der Waals surface area contributed by atoms with Gasteiger partial charge in [-0.05, 0) is 56.3 Å². The molecular formula is C28H25N9O2. The van der Waals surface area contributed by atoms with E-state index >= 15 is 0 Å². The van der Waals surface area contributed by atoms with Crippen LogP contribution in [0.3, 0.4) is 0 Å². The number of benzene rings is 1. The molecule has 0 aliphatic rings. The van der Waals surface area contributed by atoms with Gasteiger partial charge in [0.2, 0.25) is 0 Å². The van der Waals surface area contributed by atoms with Gasteiger partial charge in [-0.2, -0.15) is 15.5 Å². The number of urea groups is 1. The number of hydrogen-bond donors (Lipinski definition) is 2. The van der Waals surface area contributed by atoms with E-state index in [4.69, 9.17) is 10.00 Å². The van der Waals surface area contributed by atoms with E-state index in [1.807, 2.05) is 39.2 Å². The first-order chi connectivity index (χ1) is 18.9. The maximum atomic E-state index is 12.8. The molecule has 5 rings (SSSR count). The molecule has 0 radical (unpaired) electrons. The molecule has 0 saturated carbocycles. The van der Waals surface area contributed by atoms with Crippen LogP contribution in [0.2, 0.25) is 0 Å². The van der Waals surface area contributed by atoms with Crippen molar-refractivity contribution in [3.8, 4) is 40.1 Å². The molecule has 2 amide bonds. The fourth-order valence-corrected chi connectivity index (χ4v) is 3.77. The molecule has 0 aliphatic carbocycles. The Morgan fingerprint density at radius 3 is 2.46 bits per heavy atom. The van der Waals surface area contributed by atoms with Crippen LogP contribution in [-0.2, 0) is 7.05 Å². The number of pyridine rings is 2. The minimum Gasteiger partial charge on any atom is -0.457 e. The largest absolute Gasteiger partial charge is 0.457 e. The number of rotatable bonds is 7. The lowest BCUT2D eigenvalue weighted by Crippen LogP contribution is -2.19. The van der Waals surface area contributed by atoms with Gasteiger partial charge in [-0.15, -0.1) is 0 Å². The zero-order valence-electron chi connectivity index (χ0n) is 21.5. The lowest BCUT2D eigenvalue weighted by atomic mass is 10.2. The number of nitrogens with zero attached hydrogens (tertiary/aromatic N) is 7. The van der Waals surface area contributed by atoms with E-state index in [0.717, 1.165) is 11.3 Å². The zero-order chi connectivity index (χ0) is 27.4. The van der Waals surface area contributed by atoms with E-state index < -0.39 is 6.03 Å². The molecule has 5 aromatic rings. The van der Waals surface area contributed by atoms with Crippen molar-refractivity contribution in [2.75, 3.05) is 10.6 Å². The molecular weight excluding hydrogens is 494 g/mol. The highest BCUT2D eigenvalue weighted by Gasteiger charge is 2.16. The first-order valence-corrected chi connectivity index (χ1v) is 12.1. The fraction of sp³-hybridized carbons (Fsp3) is 0.143. The smallest absolute Gasteiger partial charge is 0.323 e. The fourth-order valence-electron chi connectivity index (χ4n) is 3.77. The highest BCUT2D eigenvalue weighted by atomic mass is 16.5. The number of nitriles is 1. The monoisotopic (exact) mass is 519 g/mol. The Kier molecular flexibility index (Phi) is 7.00. The summed E-state index contributed by atoms with van der Waals surface area (Å²) in [5.74, 6) is 1.24.